The zero-order valence-corrected chi connectivity index (χ0v) is 18.2. The van der Waals surface area contributed by atoms with Crippen molar-refractivity contribution >= 4 is 22.7 Å². The number of nitrogens with one attached hydrogen (secondary N) is 1. The molecule has 7 heteroatoms. The number of aromatic amines is 1. The van der Waals surface area contributed by atoms with Crippen LogP contribution < -0.4 is 4.74 Å². The standard InChI is InChI=1S/C26H25N3O4/c30-24(16-20-17-27-23-9-5-4-8-22(20)23)28-11-13-29(14-12-28)26(31)25-19(10-15-32-25)18-33-21-6-2-1-3-7-21/h1-10,15,17,27H,11-14,16,18H2. The topological polar surface area (TPSA) is 78.8 Å². The molecular formula is C26H25N3O4. The van der Waals surface area contributed by atoms with Gasteiger partial charge in [0, 0.05) is 48.8 Å². The summed E-state index contributed by atoms with van der Waals surface area (Å²) in [6.07, 6.45) is 3.76. The number of carbonyl (C=O) groups is 2. The lowest BCUT2D eigenvalue weighted by molar-refractivity contribution is -0.131. The third kappa shape index (κ3) is 4.48. The maximum atomic E-state index is 13.0. The largest absolute Gasteiger partial charge is 0.489 e. The second kappa shape index (κ2) is 9.24. The zero-order chi connectivity index (χ0) is 22.6. The van der Waals surface area contributed by atoms with Crippen molar-refractivity contribution in [3.8, 4) is 5.75 Å². The van der Waals surface area contributed by atoms with Crippen LogP contribution in [-0.2, 0) is 17.8 Å². The van der Waals surface area contributed by atoms with E-state index in [1.54, 1.807) is 11.0 Å². The first-order chi connectivity index (χ1) is 16.2. The molecule has 1 aliphatic heterocycles. The number of H-pyrrole nitrogens is 1. The van der Waals surface area contributed by atoms with Gasteiger partial charge in [-0.2, -0.15) is 0 Å². The van der Waals surface area contributed by atoms with Crippen LogP contribution in [0, 0.1) is 0 Å². The van der Waals surface area contributed by atoms with E-state index in [1.165, 1.54) is 6.26 Å². The summed E-state index contributed by atoms with van der Waals surface area (Å²) >= 11 is 0. The summed E-state index contributed by atoms with van der Waals surface area (Å²) in [5.74, 6) is 0.932. The van der Waals surface area contributed by atoms with Gasteiger partial charge in [-0.25, -0.2) is 0 Å². The number of amides is 2. The van der Waals surface area contributed by atoms with Crippen LogP contribution in [0.25, 0.3) is 10.9 Å². The lowest BCUT2D eigenvalue weighted by Gasteiger charge is -2.34. The first-order valence-corrected chi connectivity index (χ1v) is 11.1. The van der Waals surface area contributed by atoms with Crippen molar-refractivity contribution in [2.24, 2.45) is 0 Å². The highest BCUT2D eigenvalue weighted by Crippen LogP contribution is 2.21. The molecule has 168 valence electrons. The molecule has 0 atom stereocenters. The van der Waals surface area contributed by atoms with Gasteiger partial charge in [-0.1, -0.05) is 36.4 Å². The lowest BCUT2D eigenvalue weighted by Crippen LogP contribution is -2.51. The maximum absolute atomic E-state index is 13.0. The second-order valence-corrected chi connectivity index (χ2v) is 8.09. The smallest absolute Gasteiger partial charge is 0.290 e. The van der Waals surface area contributed by atoms with E-state index in [4.69, 9.17) is 9.15 Å². The van der Waals surface area contributed by atoms with E-state index in [9.17, 15) is 9.59 Å². The van der Waals surface area contributed by atoms with Gasteiger partial charge in [0.1, 0.15) is 12.4 Å². The number of piperazine rings is 1. The number of hydrogen-bond acceptors (Lipinski definition) is 4. The van der Waals surface area contributed by atoms with Crippen LogP contribution in [-0.4, -0.2) is 52.8 Å². The summed E-state index contributed by atoms with van der Waals surface area (Å²) in [5, 5.41) is 1.07. The number of benzene rings is 2. The number of nitrogens with zero attached hydrogens (tertiary/aromatic N) is 2. The van der Waals surface area contributed by atoms with Crippen molar-refractivity contribution in [2.45, 2.75) is 13.0 Å². The molecule has 33 heavy (non-hydrogen) atoms. The molecule has 0 radical (unpaired) electrons. The molecule has 7 nitrogen and oxygen atoms in total. The molecule has 5 rings (SSSR count). The predicted octanol–water partition coefficient (Wildman–Crippen LogP) is 3.87. The quantitative estimate of drug-likeness (QED) is 0.491. The minimum atomic E-state index is -0.171. The average Bonchev–Trinajstić information content (AvgIpc) is 3.50. The van der Waals surface area contributed by atoms with Gasteiger partial charge in [0.25, 0.3) is 5.91 Å². The van der Waals surface area contributed by atoms with Crippen molar-refractivity contribution in [3.05, 3.63) is 90.0 Å². The monoisotopic (exact) mass is 443 g/mol. The van der Waals surface area contributed by atoms with Crippen LogP contribution in [0.4, 0.5) is 0 Å². The molecule has 1 aliphatic rings. The first kappa shape index (κ1) is 20.9. The number of carbonyl (C=O) groups excluding carboxylic acids is 2. The Kier molecular flexibility index (Phi) is 5.85. The van der Waals surface area contributed by atoms with E-state index >= 15 is 0 Å². The van der Waals surface area contributed by atoms with E-state index < -0.39 is 0 Å². The highest BCUT2D eigenvalue weighted by atomic mass is 16.5. The van der Waals surface area contributed by atoms with E-state index in [0.717, 1.165) is 22.2 Å². The van der Waals surface area contributed by atoms with Crippen LogP contribution in [0.5, 0.6) is 5.75 Å². The van der Waals surface area contributed by atoms with Gasteiger partial charge >= 0.3 is 0 Å². The number of aromatic nitrogens is 1. The molecule has 0 aliphatic carbocycles. The summed E-state index contributed by atoms with van der Waals surface area (Å²) < 4.78 is 11.3. The molecule has 2 aromatic heterocycles. The summed E-state index contributed by atoms with van der Waals surface area (Å²) in [6, 6.07) is 19.2. The molecule has 2 aromatic carbocycles. The Labute approximate surface area is 191 Å². The number of ether oxygens (including phenoxy) is 1. The van der Waals surface area contributed by atoms with Gasteiger partial charge in [0.05, 0.1) is 12.7 Å². The van der Waals surface area contributed by atoms with Gasteiger partial charge in [0.2, 0.25) is 5.91 Å². The highest BCUT2D eigenvalue weighted by Gasteiger charge is 2.28. The third-order valence-electron chi connectivity index (χ3n) is 6.01. The number of hydrogen-bond donors (Lipinski definition) is 1. The Bertz CT molecular complexity index is 1250. The van der Waals surface area contributed by atoms with E-state index in [-0.39, 0.29) is 18.4 Å². The molecule has 0 bridgehead atoms. The average molecular weight is 444 g/mol. The maximum Gasteiger partial charge on any atom is 0.290 e. The van der Waals surface area contributed by atoms with E-state index in [1.807, 2.05) is 65.7 Å². The molecule has 1 saturated heterocycles. The van der Waals surface area contributed by atoms with Crippen LogP contribution in [0.1, 0.15) is 21.7 Å². The fourth-order valence-corrected chi connectivity index (χ4v) is 4.17. The van der Waals surface area contributed by atoms with Crippen LogP contribution >= 0.6 is 0 Å². The van der Waals surface area contributed by atoms with Crippen molar-refractivity contribution in [1.29, 1.82) is 0 Å². The molecule has 0 saturated carbocycles. The van der Waals surface area contributed by atoms with Crippen LogP contribution in [0.3, 0.4) is 0 Å². The number of rotatable bonds is 6. The molecule has 0 unspecified atom stereocenters. The van der Waals surface area contributed by atoms with Crippen LogP contribution in [0.2, 0.25) is 0 Å². The summed E-state index contributed by atoms with van der Waals surface area (Å²) in [5.41, 5.74) is 2.73. The predicted molar refractivity (Wildman–Crippen MR) is 124 cm³/mol. The molecular weight excluding hydrogens is 418 g/mol. The molecule has 0 spiro atoms. The minimum absolute atomic E-state index is 0.0711. The minimum Gasteiger partial charge on any atom is -0.489 e. The van der Waals surface area contributed by atoms with Gasteiger partial charge in [-0.05, 0) is 29.8 Å². The van der Waals surface area contributed by atoms with Crippen molar-refractivity contribution in [2.75, 3.05) is 26.2 Å². The van der Waals surface area contributed by atoms with Crippen molar-refractivity contribution < 1.29 is 18.7 Å². The molecule has 2 amide bonds. The third-order valence-corrected chi connectivity index (χ3v) is 6.01. The first-order valence-electron chi connectivity index (χ1n) is 11.1. The van der Waals surface area contributed by atoms with Gasteiger partial charge in [-0.3, -0.25) is 9.59 Å². The Morgan fingerprint density at radius 2 is 1.61 bits per heavy atom. The summed E-state index contributed by atoms with van der Waals surface area (Å²) in [6.45, 7) is 2.20. The van der Waals surface area contributed by atoms with Gasteiger partial charge in [-0.15, -0.1) is 0 Å². The SMILES string of the molecule is O=C(Cc1c[nH]c2ccccc12)N1CCN(C(=O)c2occc2COc2ccccc2)CC1. The van der Waals surface area contributed by atoms with Crippen molar-refractivity contribution in [1.82, 2.24) is 14.8 Å². The number of para-hydroxylation sites is 2. The Balaban J connectivity index is 1.17. The Morgan fingerprint density at radius 1 is 0.879 bits per heavy atom. The van der Waals surface area contributed by atoms with Crippen molar-refractivity contribution in [3.63, 3.8) is 0 Å². The normalized spacial score (nSPS) is 13.9. The summed E-state index contributed by atoms with van der Waals surface area (Å²) in [4.78, 5) is 32.7. The molecule has 3 heterocycles. The van der Waals surface area contributed by atoms with E-state index in [0.29, 0.717) is 43.9 Å². The highest BCUT2D eigenvalue weighted by molar-refractivity contribution is 5.93. The Hall–Kier alpha value is -4.00. The fourth-order valence-electron chi connectivity index (χ4n) is 4.17. The van der Waals surface area contributed by atoms with Crippen LogP contribution in [0.15, 0.2) is 77.5 Å². The summed E-state index contributed by atoms with van der Waals surface area (Å²) in [7, 11) is 0. The van der Waals surface area contributed by atoms with E-state index in [2.05, 4.69) is 4.98 Å². The Morgan fingerprint density at radius 3 is 2.42 bits per heavy atom. The second-order valence-electron chi connectivity index (χ2n) is 8.09. The van der Waals surface area contributed by atoms with Gasteiger partial charge in [0.15, 0.2) is 5.76 Å². The number of fused-ring (bicyclic) bond motifs is 1. The lowest BCUT2D eigenvalue weighted by atomic mass is 10.1. The molecule has 1 fully saturated rings. The molecule has 1 N–H and O–H groups in total. The fraction of sp³-hybridized carbons (Fsp3) is 0.231. The zero-order valence-electron chi connectivity index (χ0n) is 18.2. The van der Waals surface area contributed by atoms with Gasteiger partial charge < -0.3 is 23.9 Å². The molecule has 4 aromatic rings. The number of furan rings is 1.